The predicted octanol–water partition coefficient (Wildman–Crippen LogP) is 3.88. The first-order chi connectivity index (χ1) is 8.56. The molecule has 18 heavy (non-hydrogen) atoms. The minimum absolute atomic E-state index is 0.366. The maximum absolute atomic E-state index is 13.7. The number of halogens is 3. The minimum Gasteiger partial charge on any atom is -0.324 e. The number of rotatable bonds is 3. The monoisotopic (exact) mass is 328 g/mol. The Labute approximate surface area is 118 Å². The zero-order chi connectivity index (χ0) is 13.1. The van der Waals surface area contributed by atoms with Crippen LogP contribution in [0, 0.1) is 5.82 Å². The second-order valence-electron chi connectivity index (χ2n) is 3.94. The van der Waals surface area contributed by atoms with Crippen LogP contribution in [0.4, 0.5) is 4.39 Å². The van der Waals surface area contributed by atoms with E-state index < -0.39 is 6.04 Å². The molecular formula is C13H11BrClFN2. The molecule has 0 aliphatic rings. The summed E-state index contributed by atoms with van der Waals surface area (Å²) in [6.45, 7) is 0. The third kappa shape index (κ3) is 3.28. The lowest BCUT2D eigenvalue weighted by atomic mass is 10.0. The molecule has 0 saturated carbocycles. The highest BCUT2D eigenvalue weighted by molar-refractivity contribution is 9.10. The average molecular weight is 330 g/mol. The van der Waals surface area contributed by atoms with Crippen molar-refractivity contribution in [3.8, 4) is 0 Å². The molecule has 5 heteroatoms. The second-order valence-corrected chi connectivity index (χ2v) is 5.30. The summed E-state index contributed by atoms with van der Waals surface area (Å²) in [4.78, 5) is 4.22. The van der Waals surface area contributed by atoms with E-state index in [1.807, 2.05) is 12.1 Å². The highest BCUT2D eigenvalue weighted by atomic mass is 79.9. The fourth-order valence-corrected chi connectivity index (χ4v) is 2.06. The zero-order valence-electron chi connectivity index (χ0n) is 9.41. The summed E-state index contributed by atoms with van der Waals surface area (Å²) in [6.07, 6.45) is 2.17. The number of pyridine rings is 1. The predicted molar refractivity (Wildman–Crippen MR) is 74.0 cm³/mol. The van der Waals surface area contributed by atoms with Crippen molar-refractivity contribution >= 4 is 27.5 Å². The Hall–Kier alpha value is -0.970. The quantitative estimate of drug-likeness (QED) is 0.928. The van der Waals surface area contributed by atoms with E-state index in [-0.39, 0.29) is 5.82 Å². The lowest BCUT2D eigenvalue weighted by molar-refractivity contribution is 0.578. The summed E-state index contributed by atoms with van der Waals surface area (Å²) < 4.78 is 14.6. The van der Waals surface area contributed by atoms with Gasteiger partial charge in [-0.3, -0.25) is 4.98 Å². The Kier molecular flexibility index (Phi) is 4.32. The third-order valence-corrected chi connectivity index (χ3v) is 3.28. The van der Waals surface area contributed by atoms with Gasteiger partial charge in [-0.05, 0) is 40.2 Å². The van der Waals surface area contributed by atoms with E-state index >= 15 is 0 Å². The summed E-state index contributed by atoms with van der Waals surface area (Å²) in [5.41, 5.74) is 7.25. The number of benzene rings is 1. The van der Waals surface area contributed by atoms with E-state index in [1.54, 1.807) is 18.3 Å². The smallest absolute Gasteiger partial charge is 0.129 e. The Balaban J connectivity index is 2.16. The van der Waals surface area contributed by atoms with Crippen molar-refractivity contribution in [1.82, 2.24) is 4.98 Å². The molecule has 1 heterocycles. The number of nitrogens with zero attached hydrogens (tertiary/aromatic N) is 1. The molecule has 1 aromatic carbocycles. The van der Waals surface area contributed by atoms with Crippen LogP contribution < -0.4 is 5.73 Å². The Morgan fingerprint density at radius 2 is 2.11 bits per heavy atom. The van der Waals surface area contributed by atoms with Gasteiger partial charge in [-0.2, -0.15) is 0 Å². The Bertz CT molecular complexity index is 545. The standard InChI is InChI=1S/C13H11BrClFN2/c14-8-1-3-10(18-7-8)6-13(17)11-4-2-9(15)5-12(11)16/h1-5,7,13H,6,17H2. The van der Waals surface area contributed by atoms with Crippen LogP contribution in [0.5, 0.6) is 0 Å². The molecule has 0 aliphatic heterocycles. The van der Waals surface area contributed by atoms with Gasteiger partial charge in [-0.25, -0.2) is 4.39 Å². The summed E-state index contributed by atoms with van der Waals surface area (Å²) in [7, 11) is 0. The van der Waals surface area contributed by atoms with Gasteiger partial charge in [0.1, 0.15) is 5.82 Å². The van der Waals surface area contributed by atoms with E-state index in [9.17, 15) is 4.39 Å². The van der Waals surface area contributed by atoms with Crippen molar-refractivity contribution in [2.24, 2.45) is 5.73 Å². The molecule has 2 N–H and O–H groups in total. The second kappa shape index (κ2) is 5.78. The number of hydrogen-bond donors (Lipinski definition) is 1. The van der Waals surface area contributed by atoms with Crippen molar-refractivity contribution in [3.05, 3.63) is 63.1 Å². The first-order valence-corrected chi connectivity index (χ1v) is 6.54. The molecule has 0 spiro atoms. The normalized spacial score (nSPS) is 12.4. The highest BCUT2D eigenvalue weighted by Gasteiger charge is 2.13. The molecule has 1 aromatic heterocycles. The van der Waals surface area contributed by atoms with Gasteiger partial charge >= 0.3 is 0 Å². The lowest BCUT2D eigenvalue weighted by Gasteiger charge is -2.12. The van der Waals surface area contributed by atoms with Gasteiger partial charge in [0.05, 0.1) is 0 Å². The fourth-order valence-electron chi connectivity index (χ4n) is 1.66. The van der Waals surface area contributed by atoms with Crippen LogP contribution in [-0.2, 0) is 6.42 Å². The molecule has 0 amide bonds. The number of nitrogens with two attached hydrogens (primary N) is 1. The number of hydrogen-bond acceptors (Lipinski definition) is 2. The SMILES string of the molecule is NC(Cc1ccc(Br)cn1)c1ccc(Cl)cc1F. The molecule has 0 saturated heterocycles. The first-order valence-electron chi connectivity index (χ1n) is 5.37. The molecule has 2 aromatic rings. The van der Waals surface area contributed by atoms with E-state index in [1.165, 1.54) is 6.07 Å². The van der Waals surface area contributed by atoms with Crippen molar-refractivity contribution in [3.63, 3.8) is 0 Å². The summed E-state index contributed by atoms with van der Waals surface area (Å²) in [6, 6.07) is 7.82. The molecule has 0 aliphatic carbocycles. The van der Waals surface area contributed by atoms with Crippen LogP contribution in [0.1, 0.15) is 17.3 Å². The zero-order valence-corrected chi connectivity index (χ0v) is 11.7. The van der Waals surface area contributed by atoms with Crippen LogP contribution in [0.2, 0.25) is 5.02 Å². The van der Waals surface area contributed by atoms with Gasteiger partial charge in [-0.15, -0.1) is 0 Å². The molecular weight excluding hydrogens is 319 g/mol. The van der Waals surface area contributed by atoms with E-state index in [2.05, 4.69) is 20.9 Å². The van der Waals surface area contributed by atoms with Crippen LogP contribution in [0.25, 0.3) is 0 Å². The van der Waals surface area contributed by atoms with Crippen molar-refractivity contribution < 1.29 is 4.39 Å². The van der Waals surface area contributed by atoms with Gasteiger partial charge in [0.25, 0.3) is 0 Å². The van der Waals surface area contributed by atoms with Crippen molar-refractivity contribution in [1.29, 1.82) is 0 Å². The van der Waals surface area contributed by atoms with Gasteiger partial charge < -0.3 is 5.73 Å². The third-order valence-electron chi connectivity index (χ3n) is 2.58. The van der Waals surface area contributed by atoms with Gasteiger partial charge in [0, 0.05) is 39.4 Å². The molecule has 2 rings (SSSR count). The summed E-state index contributed by atoms with van der Waals surface area (Å²) >= 11 is 9.01. The largest absolute Gasteiger partial charge is 0.324 e. The average Bonchev–Trinajstić information content (AvgIpc) is 2.32. The molecule has 94 valence electrons. The van der Waals surface area contributed by atoms with E-state index in [0.717, 1.165) is 10.2 Å². The van der Waals surface area contributed by atoms with Crippen LogP contribution in [0.15, 0.2) is 41.0 Å². The van der Waals surface area contributed by atoms with E-state index in [0.29, 0.717) is 17.0 Å². The number of aromatic nitrogens is 1. The molecule has 2 nitrogen and oxygen atoms in total. The van der Waals surface area contributed by atoms with Gasteiger partial charge in [0.15, 0.2) is 0 Å². The molecule has 0 fully saturated rings. The van der Waals surface area contributed by atoms with E-state index in [4.69, 9.17) is 17.3 Å². The first kappa shape index (κ1) is 13.5. The molecule has 1 atom stereocenters. The van der Waals surface area contributed by atoms with Gasteiger partial charge in [0.2, 0.25) is 0 Å². The lowest BCUT2D eigenvalue weighted by Crippen LogP contribution is -2.15. The maximum Gasteiger partial charge on any atom is 0.129 e. The minimum atomic E-state index is -0.434. The molecule has 0 radical (unpaired) electrons. The van der Waals surface area contributed by atoms with Gasteiger partial charge in [-0.1, -0.05) is 17.7 Å². The van der Waals surface area contributed by atoms with Crippen molar-refractivity contribution in [2.45, 2.75) is 12.5 Å². The highest BCUT2D eigenvalue weighted by Crippen LogP contribution is 2.22. The molecule has 0 bridgehead atoms. The van der Waals surface area contributed by atoms with Crippen LogP contribution in [0.3, 0.4) is 0 Å². The van der Waals surface area contributed by atoms with Crippen LogP contribution in [-0.4, -0.2) is 4.98 Å². The summed E-state index contributed by atoms with van der Waals surface area (Å²) in [5.74, 6) is -0.382. The molecule has 1 unspecified atom stereocenters. The van der Waals surface area contributed by atoms with Crippen molar-refractivity contribution in [2.75, 3.05) is 0 Å². The Morgan fingerprint density at radius 3 is 2.72 bits per heavy atom. The topological polar surface area (TPSA) is 38.9 Å². The summed E-state index contributed by atoms with van der Waals surface area (Å²) in [5, 5.41) is 0.366. The maximum atomic E-state index is 13.7. The fraction of sp³-hybridized carbons (Fsp3) is 0.154. The van der Waals surface area contributed by atoms with Crippen LogP contribution >= 0.6 is 27.5 Å². The Morgan fingerprint density at radius 1 is 1.33 bits per heavy atom.